The summed E-state index contributed by atoms with van der Waals surface area (Å²) in [4.78, 5) is 31.4. The number of hydrogen-bond acceptors (Lipinski definition) is 6. The van der Waals surface area contributed by atoms with Crippen LogP contribution in [0.1, 0.15) is 33.6 Å². The van der Waals surface area contributed by atoms with Crippen molar-refractivity contribution in [3.63, 3.8) is 0 Å². The molecule has 0 spiro atoms. The lowest BCUT2D eigenvalue weighted by Crippen LogP contribution is -2.36. The Morgan fingerprint density at radius 1 is 1.19 bits per heavy atom. The van der Waals surface area contributed by atoms with Gasteiger partial charge in [0, 0.05) is 24.8 Å². The van der Waals surface area contributed by atoms with Crippen molar-refractivity contribution in [2.45, 2.75) is 39.7 Å². The summed E-state index contributed by atoms with van der Waals surface area (Å²) >= 11 is 4.04. The Labute approximate surface area is 161 Å². The van der Waals surface area contributed by atoms with Crippen LogP contribution in [0.3, 0.4) is 0 Å². The van der Waals surface area contributed by atoms with Gasteiger partial charge in [0.1, 0.15) is 6.54 Å². The van der Waals surface area contributed by atoms with Gasteiger partial charge in [0.25, 0.3) is 0 Å². The summed E-state index contributed by atoms with van der Waals surface area (Å²) in [5, 5.41) is 10.7. The number of nitrogens with two attached hydrogens (primary N) is 3. The van der Waals surface area contributed by atoms with Crippen LogP contribution in [0.2, 0.25) is 0 Å². The number of carbonyl (C=O) groups excluding carboxylic acids is 2. The normalized spacial score (nSPS) is 12.4. The molecule has 0 aliphatic rings. The molecule has 0 fully saturated rings. The number of amides is 2. The molecular weight excluding hydrogens is 356 g/mol. The average Bonchev–Trinajstić information content (AvgIpc) is 2.64. The molecule has 0 aromatic rings. The van der Waals surface area contributed by atoms with E-state index in [2.05, 4.69) is 23.7 Å². The Kier molecular flexibility index (Phi) is 23.6. The van der Waals surface area contributed by atoms with Crippen LogP contribution in [0, 0.1) is 5.92 Å². The predicted molar refractivity (Wildman–Crippen MR) is 109 cm³/mol. The highest BCUT2D eigenvalue weighted by Gasteiger charge is 2.13. The first-order valence-corrected chi connectivity index (χ1v) is 9.09. The van der Waals surface area contributed by atoms with E-state index in [-0.39, 0.29) is 18.5 Å². The van der Waals surface area contributed by atoms with Gasteiger partial charge < -0.3 is 27.6 Å². The Hall–Kier alpha value is -1.84. The van der Waals surface area contributed by atoms with Gasteiger partial charge in [0.2, 0.25) is 11.8 Å². The van der Waals surface area contributed by atoms with Gasteiger partial charge in [-0.05, 0) is 6.42 Å². The van der Waals surface area contributed by atoms with Gasteiger partial charge in [0.15, 0.2) is 0 Å². The van der Waals surface area contributed by atoms with Crippen LogP contribution in [-0.2, 0) is 14.4 Å². The van der Waals surface area contributed by atoms with Gasteiger partial charge >= 0.3 is 5.97 Å². The van der Waals surface area contributed by atoms with E-state index in [9.17, 15) is 14.4 Å². The fraction of sp³-hybridized carbons (Fsp3) is 0.588. The Morgan fingerprint density at radius 3 is 2.08 bits per heavy atom. The van der Waals surface area contributed by atoms with Gasteiger partial charge in [0.05, 0.1) is 5.92 Å². The van der Waals surface area contributed by atoms with E-state index in [1.807, 2.05) is 26.0 Å². The quantitative estimate of drug-likeness (QED) is 0.234. The molecule has 0 rings (SSSR count). The van der Waals surface area contributed by atoms with Gasteiger partial charge in [-0.3, -0.25) is 14.4 Å². The number of carbonyl (C=O) groups is 3. The molecule has 0 radical (unpaired) electrons. The zero-order valence-corrected chi connectivity index (χ0v) is 16.7. The van der Waals surface area contributed by atoms with Gasteiger partial charge in [-0.1, -0.05) is 45.1 Å². The maximum Gasteiger partial charge on any atom is 0.322 e. The van der Waals surface area contributed by atoms with Gasteiger partial charge in [-0.15, -0.1) is 0 Å². The van der Waals surface area contributed by atoms with Crippen molar-refractivity contribution in [2.24, 2.45) is 23.1 Å². The van der Waals surface area contributed by atoms with E-state index in [0.29, 0.717) is 18.6 Å². The molecule has 8 nitrogen and oxygen atoms in total. The maximum absolute atomic E-state index is 11.5. The van der Waals surface area contributed by atoms with Crippen molar-refractivity contribution in [3.05, 3.63) is 24.3 Å². The predicted octanol–water partition coefficient (Wildman–Crippen LogP) is 0.430. The van der Waals surface area contributed by atoms with E-state index in [0.717, 1.165) is 0 Å². The zero-order valence-electron chi connectivity index (χ0n) is 15.9. The van der Waals surface area contributed by atoms with Crippen molar-refractivity contribution in [2.75, 3.05) is 18.8 Å². The summed E-state index contributed by atoms with van der Waals surface area (Å²) in [5.74, 6) is -1.67. The van der Waals surface area contributed by atoms with E-state index in [1.165, 1.54) is 0 Å². The van der Waals surface area contributed by atoms with Crippen LogP contribution in [0.4, 0.5) is 0 Å². The highest BCUT2D eigenvalue weighted by Crippen LogP contribution is 1.99. The highest BCUT2D eigenvalue weighted by molar-refractivity contribution is 7.80. The second-order valence-electron chi connectivity index (χ2n) is 4.71. The fourth-order valence-electron chi connectivity index (χ4n) is 1.20. The first-order chi connectivity index (χ1) is 12.3. The number of primary amides is 1. The number of hydrogen-bond donors (Lipinski definition) is 6. The molecule has 2 atom stereocenters. The lowest BCUT2D eigenvalue weighted by atomic mass is 10.1. The first kappa shape index (κ1) is 28.9. The van der Waals surface area contributed by atoms with Gasteiger partial charge in [-0.25, -0.2) is 0 Å². The Balaban J connectivity index is -0.000000645. The van der Waals surface area contributed by atoms with Crippen LogP contribution in [0.15, 0.2) is 24.3 Å². The summed E-state index contributed by atoms with van der Waals surface area (Å²) < 4.78 is 0. The molecule has 0 aromatic carbocycles. The van der Waals surface area contributed by atoms with E-state index >= 15 is 0 Å². The SMILES string of the molecule is CC.CCC(N)=O.NCC(/C=C/C/C=C/C(N)CS)C(=O)NCC(=O)O. The summed E-state index contributed by atoms with van der Waals surface area (Å²) in [5.41, 5.74) is 15.7. The third-order valence-corrected chi connectivity index (χ3v) is 3.01. The molecule has 0 saturated carbocycles. The number of thiol groups is 1. The summed E-state index contributed by atoms with van der Waals surface area (Å²) in [6.07, 6.45) is 8.23. The van der Waals surface area contributed by atoms with Crippen LogP contribution >= 0.6 is 12.6 Å². The lowest BCUT2D eigenvalue weighted by Gasteiger charge is -2.09. The first-order valence-electron chi connectivity index (χ1n) is 8.46. The molecule has 0 aliphatic heterocycles. The Morgan fingerprint density at radius 2 is 1.69 bits per heavy atom. The maximum atomic E-state index is 11.5. The molecule has 0 aliphatic carbocycles. The molecule has 0 bridgehead atoms. The van der Waals surface area contributed by atoms with Crippen molar-refractivity contribution in [1.29, 1.82) is 0 Å². The second-order valence-corrected chi connectivity index (χ2v) is 5.08. The fourth-order valence-corrected chi connectivity index (χ4v) is 1.32. The number of carboxylic acids is 1. The number of nitrogens with one attached hydrogen (secondary N) is 1. The van der Waals surface area contributed by atoms with Gasteiger partial charge in [-0.2, -0.15) is 12.6 Å². The number of carboxylic acid groups (broad SMARTS) is 1. The molecule has 152 valence electrons. The van der Waals surface area contributed by atoms with Crippen molar-refractivity contribution >= 4 is 30.4 Å². The third kappa shape index (κ3) is 22.2. The molecule has 26 heavy (non-hydrogen) atoms. The largest absolute Gasteiger partial charge is 0.480 e. The molecule has 2 unspecified atom stereocenters. The Bertz CT molecular complexity index is 442. The van der Waals surface area contributed by atoms with E-state index < -0.39 is 24.3 Å². The zero-order chi connectivity index (χ0) is 21.0. The standard InChI is InChI=1S/C12H21N3O3S.C3H7NO.C2H6/c13-6-9(12(18)15-7-11(16)17)4-2-1-3-5-10(14)8-19;1-2-3(4)5;1-2/h2-5,9-10,19H,1,6-8,13-14H2,(H,15,18)(H,16,17);2H2,1H3,(H2,4,5);1-2H3/b4-2+,5-3+;;. The minimum Gasteiger partial charge on any atom is -0.480 e. The van der Waals surface area contributed by atoms with Crippen molar-refractivity contribution in [3.8, 4) is 0 Å². The minimum absolute atomic E-state index is 0.0825. The van der Waals surface area contributed by atoms with Crippen LogP contribution in [0.5, 0.6) is 0 Å². The molecular formula is C17H34N4O4S. The molecule has 0 saturated heterocycles. The number of aliphatic carboxylic acids is 1. The average molecular weight is 391 g/mol. The second kappa shape index (κ2) is 21.2. The van der Waals surface area contributed by atoms with E-state index in [4.69, 9.17) is 16.6 Å². The lowest BCUT2D eigenvalue weighted by molar-refractivity contribution is -0.138. The van der Waals surface area contributed by atoms with E-state index in [1.54, 1.807) is 19.1 Å². The van der Waals surface area contributed by atoms with Crippen molar-refractivity contribution in [1.82, 2.24) is 5.32 Å². The summed E-state index contributed by atoms with van der Waals surface area (Å²) in [6.45, 7) is 5.45. The third-order valence-electron chi connectivity index (χ3n) is 2.59. The topological polar surface area (TPSA) is 162 Å². The van der Waals surface area contributed by atoms with Crippen LogP contribution in [0.25, 0.3) is 0 Å². The molecule has 8 N–H and O–H groups in total. The monoisotopic (exact) mass is 390 g/mol. The highest BCUT2D eigenvalue weighted by atomic mass is 32.1. The minimum atomic E-state index is -1.09. The smallest absolute Gasteiger partial charge is 0.322 e. The number of allylic oxidation sites excluding steroid dienone is 2. The van der Waals surface area contributed by atoms with Crippen LogP contribution < -0.4 is 22.5 Å². The molecule has 2 amide bonds. The molecule has 0 heterocycles. The van der Waals surface area contributed by atoms with Crippen molar-refractivity contribution < 1.29 is 19.5 Å². The summed E-state index contributed by atoms with van der Waals surface area (Å²) in [6, 6.07) is -0.0825. The number of rotatable bonds is 10. The summed E-state index contributed by atoms with van der Waals surface area (Å²) in [7, 11) is 0. The molecule has 0 aromatic heterocycles. The van der Waals surface area contributed by atoms with Crippen LogP contribution in [-0.4, -0.2) is 47.8 Å². The molecule has 9 heteroatoms.